The van der Waals surface area contributed by atoms with Gasteiger partial charge in [0.1, 0.15) is 0 Å². The largest absolute Gasteiger partial charge is 0.363 e. The number of hydrazine groups is 1. The van der Waals surface area contributed by atoms with E-state index in [4.69, 9.17) is 11.6 Å². The highest BCUT2D eigenvalue weighted by atomic mass is 35.5. The molecule has 4 rings (SSSR count). The van der Waals surface area contributed by atoms with Gasteiger partial charge < -0.3 is 0 Å². The number of hydrogen-bond donors (Lipinski definition) is 0. The fourth-order valence-electron chi connectivity index (χ4n) is 3.42. The summed E-state index contributed by atoms with van der Waals surface area (Å²) in [5, 5.41) is 8.75. The summed E-state index contributed by atoms with van der Waals surface area (Å²) in [5.74, 6) is 0.495. The van der Waals surface area contributed by atoms with Crippen molar-refractivity contribution in [2.24, 2.45) is 0 Å². The third kappa shape index (κ3) is 2.69. The first-order chi connectivity index (χ1) is 11.2. The molecule has 0 bridgehead atoms. The Hall–Kier alpha value is -2.04. The Kier molecular flexibility index (Phi) is 3.71. The number of benzene rings is 2. The van der Waals surface area contributed by atoms with Crippen molar-refractivity contribution in [3.63, 3.8) is 0 Å². The number of hydrogen-bond acceptors (Lipinski definition) is 2. The normalized spacial score (nSPS) is 18.8. The molecule has 2 aliphatic rings. The molecule has 1 radical (unpaired) electrons. The third-order valence-electron chi connectivity index (χ3n) is 4.58. The predicted molar refractivity (Wildman–Crippen MR) is 91.1 cm³/mol. The first-order valence-corrected chi connectivity index (χ1v) is 8.25. The Balaban J connectivity index is 1.49. The first-order valence-electron chi connectivity index (χ1n) is 7.87. The topological polar surface area (TPSA) is 37.7 Å². The van der Waals surface area contributed by atoms with Crippen LogP contribution in [0.3, 0.4) is 0 Å². The molecule has 0 N–H and O–H groups in total. The molecule has 0 atom stereocenters. The molecule has 1 fully saturated rings. The molecule has 0 spiro atoms. The number of amides is 2. The number of fused-ring (bicyclic) bond motifs is 1. The molecule has 0 unspecified atom stereocenters. The SMILES string of the molecule is O=C1[N]c2ccccc2N1N1CCC(c2cccc(Cl)c2)CC1. The zero-order valence-electron chi connectivity index (χ0n) is 12.7. The van der Waals surface area contributed by atoms with E-state index in [0.29, 0.717) is 5.92 Å². The zero-order valence-corrected chi connectivity index (χ0v) is 13.4. The second kappa shape index (κ2) is 5.87. The van der Waals surface area contributed by atoms with Gasteiger partial charge in [0.2, 0.25) is 0 Å². The Morgan fingerprint density at radius 2 is 1.83 bits per heavy atom. The second-order valence-electron chi connectivity index (χ2n) is 5.98. The van der Waals surface area contributed by atoms with Crippen LogP contribution in [0.1, 0.15) is 24.3 Å². The summed E-state index contributed by atoms with van der Waals surface area (Å²) in [5.41, 5.74) is 2.93. The van der Waals surface area contributed by atoms with Crippen LogP contribution in [-0.4, -0.2) is 24.1 Å². The standard InChI is InChI=1S/C18H17ClN3O/c19-15-5-3-4-14(12-15)13-8-10-21(11-9-13)22-17-7-2-1-6-16(17)20-18(22)23/h1-7,12-13H,8-11H2. The van der Waals surface area contributed by atoms with Crippen molar-refractivity contribution in [3.05, 3.63) is 59.1 Å². The lowest BCUT2D eigenvalue weighted by molar-refractivity contribution is 0.188. The summed E-state index contributed by atoms with van der Waals surface area (Å²) in [6.07, 6.45) is 2.01. The molecule has 5 heteroatoms. The number of carbonyl (C=O) groups is 1. The fourth-order valence-corrected chi connectivity index (χ4v) is 3.62. The van der Waals surface area contributed by atoms with E-state index in [1.165, 1.54) is 5.56 Å². The summed E-state index contributed by atoms with van der Waals surface area (Å²) in [7, 11) is 0. The molecule has 117 valence electrons. The van der Waals surface area contributed by atoms with E-state index in [1.54, 1.807) is 5.01 Å². The van der Waals surface area contributed by atoms with Crippen molar-refractivity contribution < 1.29 is 4.79 Å². The van der Waals surface area contributed by atoms with Crippen molar-refractivity contribution >= 4 is 29.0 Å². The lowest BCUT2D eigenvalue weighted by Crippen LogP contribution is -2.49. The van der Waals surface area contributed by atoms with Crippen LogP contribution < -0.4 is 10.3 Å². The minimum Gasteiger partial charge on any atom is -0.244 e. The number of piperidine rings is 1. The molecule has 2 aromatic carbocycles. The third-order valence-corrected chi connectivity index (χ3v) is 4.82. The van der Waals surface area contributed by atoms with Gasteiger partial charge in [-0.2, -0.15) is 5.32 Å². The predicted octanol–water partition coefficient (Wildman–Crippen LogP) is 4.31. The molecule has 23 heavy (non-hydrogen) atoms. The monoisotopic (exact) mass is 326 g/mol. The van der Waals surface area contributed by atoms with Gasteiger partial charge in [-0.05, 0) is 48.6 Å². The minimum atomic E-state index is -0.188. The van der Waals surface area contributed by atoms with Gasteiger partial charge in [-0.1, -0.05) is 35.9 Å². The second-order valence-corrected chi connectivity index (χ2v) is 6.41. The fraction of sp³-hybridized carbons (Fsp3) is 0.278. The maximum atomic E-state index is 12.2. The highest BCUT2D eigenvalue weighted by Gasteiger charge is 2.35. The highest BCUT2D eigenvalue weighted by Crippen LogP contribution is 2.36. The molecular formula is C18H17ClN3O. The number of nitrogens with zero attached hydrogens (tertiary/aromatic N) is 3. The van der Waals surface area contributed by atoms with E-state index in [9.17, 15) is 4.79 Å². The average molecular weight is 327 g/mol. The average Bonchev–Trinajstić information content (AvgIpc) is 2.91. The first kappa shape index (κ1) is 14.5. The van der Waals surface area contributed by atoms with E-state index in [-0.39, 0.29) is 6.03 Å². The van der Waals surface area contributed by atoms with Crippen molar-refractivity contribution in [1.82, 2.24) is 10.3 Å². The molecule has 4 nitrogen and oxygen atoms in total. The maximum Gasteiger partial charge on any atom is 0.363 e. The molecule has 0 aliphatic carbocycles. The number of rotatable bonds is 2. The van der Waals surface area contributed by atoms with Gasteiger partial charge in [0, 0.05) is 18.1 Å². The van der Waals surface area contributed by atoms with Crippen LogP contribution >= 0.6 is 11.6 Å². The van der Waals surface area contributed by atoms with E-state index >= 15 is 0 Å². The molecule has 2 aliphatic heterocycles. The summed E-state index contributed by atoms with van der Waals surface area (Å²) in [6, 6.07) is 15.6. The van der Waals surface area contributed by atoms with Gasteiger partial charge in [-0.15, -0.1) is 0 Å². The summed E-state index contributed by atoms with van der Waals surface area (Å²) < 4.78 is 0. The molecular weight excluding hydrogens is 310 g/mol. The number of halogens is 1. The van der Waals surface area contributed by atoms with Gasteiger partial charge in [0.15, 0.2) is 0 Å². The van der Waals surface area contributed by atoms with Crippen molar-refractivity contribution in [3.8, 4) is 0 Å². The van der Waals surface area contributed by atoms with Crippen LogP contribution in [0.2, 0.25) is 5.02 Å². The summed E-state index contributed by atoms with van der Waals surface area (Å²) in [4.78, 5) is 12.2. The van der Waals surface area contributed by atoms with E-state index in [0.717, 1.165) is 42.3 Å². The number of carbonyl (C=O) groups excluding carboxylic acids is 1. The molecule has 0 aromatic heterocycles. The Morgan fingerprint density at radius 3 is 2.61 bits per heavy atom. The number of anilines is 1. The van der Waals surface area contributed by atoms with Crippen LogP contribution in [0, 0.1) is 0 Å². The summed E-state index contributed by atoms with van der Waals surface area (Å²) in [6.45, 7) is 1.68. The molecule has 2 heterocycles. The summed E-state index contributed by atoms with van der Waals surface area (Å²) >= 11 is 6.10. The lowest BCUT2D eigenvalue weighted by Gasteiger charge is -2.37. The highest BCUT2D eigenvalue weighted by molar-refractivity contribution is 6.30. The molecule has 0 saturated carbocycles. The maximum absolute atomic E-state index is 12.2. The van der Waals surface area contributed by atoms with Crippen molar-refractivity contribution in [2.45, 2.75) is 18.8 Å². The van der Waals surface area contributed by atoms with Crippen molar-refractivity contribution in [1.29, 1.82) is 0 Å². The lowest BCUT2D eigenvalue weighted by atomic mass is 9.90. The number of para-hydroxylation sites is 2. The quantitative estimate of drug-likeness (QED) is 0.824. The van der Waals surface area contributed by atoms with Crippen LogP contribution in [-0.2, 0) is 0 Å². The molecule has 2 aromatic rings. The van der Waals surface area contributed by atoms with Crippen LogP contribution in [0.25, 0.3) is 0 Å². The number of urea groups is 1. The van der Waals surface area contributed by atoms with Gasteiger partial charge in [0.05, 0.1) is 11.4 Å². The Labute approximate surface area is 140 Å². The smallest absolute Gasteiger partial charge is 0.244 e. The van der Waals surface area contributed by atoms with Crippen LogP contribution in [0.15, 0.2) is 48.5 Å². The van der Waals surface area contributed by atoms with E-state index < -0.39 is 0 Å². The van der Waals surface area contributed by atoms with Gasteiger partial charge in [0.25, 0.3) is 0 Å². The minimum absolute atomic E-state index is 0.188. The zero-order chi connectivity index (χ0) is 15.8. The molecule has 1 saturated heterocycles. The van der Waals surface area contributed by atoms with E-state index in [2.05, 4.69) is 16.4 Å². The van der Waals surface area contributed by atoms with Gasteiger partial charge >= 0.3 is 6.03 Å². The van der Waals surface area contributed by atoms with Crippen LogP contribution in [0.4, 0.5) is 16.2 Å². The Morgan fingerprint density at radius 1 is 1.04 bits per heavy atom. The van der Waals surface area contributed by atoms with Crippen LogP contribution in [0.5, 0.6) is 0 Å². The van der Waals surface area contributed by atoms with Crippen molar-refractivity contribution in [2.75, 3.05) is 18.1 Å². The van der Waals surface area contributed by atoms with E-state index in [1.807, 2.05) is 42.5 Å². The van der Waals surface area contributed by atoms with Gasteiger partial charge in [-0.3, -0.25) is 0 Å². The Bertz CT molecular complexity index is 741. The van der Waals surface area contributed by atoms with Gasteiger partial charge in [-0.25, -0.2) is 14.8 Å². The molecule has 2 amide bonds.